The molecule has 154 valence electrons. The van der Waals surface area contributed by atoms with Crippen LogP contribution in [0, 0.1) is 18.8 Å². The summed E-state index contributed by atoms with van der Waals surface area (Å²) in [5.41, 5.74) is 2.27. The van der Waals surface area contributed by atoms with Gasteiger partial charge in [0.25, 0.3) is 0 Å². The number of carbonyl (C=O) groups is 2. The molecule has 1 aliphatic carbocycles. The van der Waals surface area contributed by atoms with Gasteiger partial charge in [0, 0.05) is 32.2 Å². The van der Waals surface area contributed by atoms with Crippen molar-refractivity contribution in [2.24, 2.45) is 11.8 Å². The quantitative estimate of drug-likeness (QED) is 0.848. The third-order valence-electron chi connectivity index (χ3n) is 6.75. The first-order valence-electron chi connectivity index (χ1n) is 10.8. The van der Waals surface area contributed by atoms with Crippen molar-refractivity contribution in [3.05, 3.63) is 35.4 Å². The maximum atomic E-state index is 12.6. The molecule has 1 aliphatic heterocycles. The number of nitrogens with one attached hydrogen (secondary N) is 1. The van der Waals surface area contributed by atoms with Crippen LogP contribution >= 0.6 is 0 Å². The second kappa shape index (κ2) is 9.55. The lowest BCUT2D eigenvalue weighted by Gasteiger charge is -2.37. The van der Waals surface area contributed by atoms with E-state index >= 15 is 0 Å². The molecule has 1 N–H and O–H groups in total. The average Bonchev–Trinajstić information content (AvgIpc) is 2.68. The molecule has 3 rings (SSSR count). The molecule has 1 saturated heterocycles. The minimum Gasteiger partial charge on any atom is -0.352 e. The predicted molar refractivity (Wildman–Crippen MR) is 112 cm³/mol. The lowest BCUT2D eigenvalue weighted by molar-refractivity contribution is -0.132. The van der Waals surface area contributed by atoms with E-state index in [1.807, 2.05) is 36.1 Å². The van der Waals surface area contributed by atoms with Gasteiger partial charge in [0.15, 0.2) is 0 Å². The summed E-state index contributed by atoms with van der Waals surface area (Å²) in [5, 5.41) is 3.26. The first kappa shape index (κ1) is 20.8. The molecule has 0 spiro atoms. The molecule has 0 aromatic heterocycles. The predicted octanol–water partition coefficient (Wildman–Crippen LogP) is 2.62. The standard InChI is InChI=1S/C23H35N3O2/c1-17-8-6-10-21(19(17)3)24-22(27)16-25-11-13-26(14-12-25)23(28)15-20-9-5-4-7-18(20)2/h4-5,7,9,17,19,21H,6,8,10-16H2,1-3H3,(H,24,27). The fourth-order valence-corrected chi connectivity index (χ4v) is 4.48. The number of benzene rings is 1. The van der Waals surface area contributed by atoms with E-state index in [1.54, 1.807) is 0 Å². The second-order valence-electron chi connectivity index (χ2n) is 8.70. The van der Waals surface area contributed by atoms with Gasteiger partial charge in [-0.25, -0.2) is 0 Å². The fourth-order valence-electron chi connectivity index (χ4n) is 4.48. The maximum Gasteiger partial charge on any atom is 0.234 e. The molecule has 2 fully saturated rings. The molecule has 3 unspecified atom stereocenters. The Bertz CT molecular complexity index is 682. The van der Waals surface area contributed by atoms with E-state index in [0.29, 0.717) is 43.9 Å². The zero-order chi connectivity index (χ0) is 20.1. The van der Waals surface area contributed by atoms with E-state index in [9.17, 15) is 9.59 Å². The van der Waals surface area contributed by atoms with Crippen molar-refractivity contribution in [3.63, 3.8) is 0 Å². The first-order valence-corrected chi connectivity index (χ1v) is 10.8. The van der Waals surface area contributed by atoms with Gasteiger partial charge in [-0.1, -0.05) is 51.0 Å². The number of aryl methyl sites for hydroxylation is 1. The average molecular weight is 386 g/mol. The number of piperazine rings is 1. The van der Waals surface area contributed by atoms with Crippen LogP contribution in [-0.2, 0) is 16.0 Å². The summed E-state index contributed by atoms with van der Waals surface area (Å²) in [4.78, 5) is 29.2. The van der Waals surface area contributed by atoms with E-state index < -0.39 is 0 Å². The normalized spacial score (nSPS) is 26.1. The summed E-state index contributed by atoms with van der Waals surface area (Å²) in [7, 11) is 0. The zero-order valence-corrected chi connectivity index (χ0v) is 17.6. The molecule has 1 heterocycles. The summed E-state index contributed by atoms with van der Waals surface area (Å²) in [6.45, 7) is 9.98. The molecule has 2 aliphatic rings. The van der Waals surface area contributed by atoms with E-state index in [2.05, 4.69) is 24.1 Å². The van der Waals surface area contributed by atoms with Crippen LogP contribution in [0.3, 0.4) is 0 Å². The monoisotopic (exact) mass is 385 g/mol. The van der Waals surface area contributed by atoms with Gasteiger partial charge < -0.3 is 10.2 Å². The van der Waals surface area contributed by atoms with Crippen LogP contribution in [0.1, 0.15) is 44.2 Å². The van der Waals surface area contributed by atoms with Crippen molar-refractivity contribution in [3.8, 4) is 0 Å². The van der Waals surface area contributed by atoms with Crippen molar-refractivity contribution in [2.45, 2.75) is 52.5 Å². The Morgan fingerprint density at radius 3 is 2.50 bits per heavy atom. The first-order chi connectivity index (χ1) is 13.4. The number of hydrogen-bond donors (Lipinski definition) is 1. The van der Waals surface area contributed by atoms with Gasteiger partial charge >= 0.3 is 0 Å². The molecule has 0 radical (unpaired) electrons. The SMILES string of the molecule is Cc1ccccc1CC(=O)N1CCN(CC(=O)NC2CCCC(C)C2C)CC1. The molecule has 28 heavy (non-hydrogen) atoms. The Morgan fingerprint density at radius 2 is 1.79 bits per heavy atom. The molecule has 0 bridgehead atoms. The van der Waals surface area contributed by atoms with Crippen LogP contribution in [0.2, 0.25) is 0 Å². The van der Waals surface area contributed by atoms with Crippen LogP contribution in [0.25, 0.3) is 0 Å². The smallest absolute Gasteiger partial charge is 0.234 e. The third kappa shape index (κ3) is 5.34. The van der Waals surface area contributed by atoms with Crippen LogP contribution in [0.4, 0.5) is 0 Å². The summed E-state index contributed by atoms with van der Waals surface area (Å²) in [6, 6.07) is 8.38. The van der Waals surface area contributed by atoms with Gasteiger partial charge in [-0.3, -0.25) is 14.5 Å². The van der Waals surface area contributed by atoms with E-state index in [-0.39, 0.29) is 11.8 Å². The zero-order valence-electron chi connectivity index (χ0n) is 17.6. The van der Waals surface area contributed by atoms with Gasteiger partial charge in [0.05, 0.1) is 13.0 Å². The Labute approximate surface area is 169 Å². The number of hydrogen-bond acceptors (Lipinski definition) is 3. The summed E-state index contributed by atoms with van der Waals surface area (Å²) in [5.74, 6) is 1.55. The van der Waals surface area contributed by atoms with Gasteiger partial charge in [-0.15, -0.1) is 0 Å². The lowest BCUT2D eigenvalue weighted by atomic mass is 9.78. The largest absolute Gasteiger partial charge is 0.352 e. The molecular formula is C23H35N3O2. The second-order valence-corrected chi connectivity index (χ2v) is 8.70. The van der Waals surface area contributed by atoms with Gasteiger partial charge in [0.2, 0.25) is 11.8 Å². The van der Waals surface area contributed by atoms with Crippen LogP contribution in [0.15, 0.2) is 24.3 Å². The molecular weight excluding hydrogens is 350 g/mol. The van der Waals surface area contributed by atoms with E-state index in [4.69, 9.17) is 0 Å². The van der Waals surface area contributed by atoms with Crippen molar-refractivity contribution in [1.29, 1.82) is 0 Å². The summed E-state index contributed by atoms with van der Waals surface area (Å²) >= 11 is 0. The summed E-state index contributed by atoms with van der Waals surface area (Å²) < 4.78 is 0. The Kier molecular flexibility index (Phi) is 7.11. The number of rotatable bonds is 5. The topological polar surface area (TPSA) is 52.7 Å². The van der Waals surface area contributed by atoms with Crippen molar-refractivity contribution in [1.82, 2.24) is 15.1 Å². The highest BCUT2D eigenvalue weighted by molar-refractivity contribution is 5.80. The highest BCUT2D eigenvalue weighted by Crippen LogP contribution is 2.29. The Hall–Kier alpha value is -1.88. The van der Waals surface area contributed by atoms with Crippen LogP contribution in [-0.4, -0.2) is 60.4 Å². The highest BCUT2D eigenvalue weighted by Gasteiger charge is 2.29. The van der Waals surface area contributed by atoms with Crippen LogP contribution < -0.4 is 5.32 Å². The summed E-state index contributed by atoms with van der Waals surface area (Å²) in [6.07, 6.45) is 4.04. The Balaban J connectivity index is 1.42. The number of nitrogens with zero attached hydrogens (tertiary/aromatic N) is 2. The molecule has 3 atom stereocenters. The van der Waals surface area contributed by atoms with Crippen LogP contribution in [0.5, 0.6) is 0 Å². The van der Waals surface area contributed by atoms with Gasteiger partial charge in [-0.05, 0) is 36.3 Å². The third-order valence-corrected chi connectivity index (χ3v) is 6.75. The van der Waals surface area contributed by atoms with Crippen molar-refractivity contribution >= 4 is 11.8 Å². The van der Waals surface area contributed by atoms with Gasteiger partial charge in [-0.2, -0.15) is 0 Å². The lowest BCUT2D eigenvalue weighted by Crippen LogP contribution is -2.53. The minimum absolute atomic E-state index is 0.130. The van der Waals surface area contributed by atoms with E-state index in [1.165, 1.54) is 12.8 Å². The van der Waals surface area contributed by atoms with Gasteiger partial charge in [0.1, 0.15) is 0 Å². The van der Waals surface area contributed by atoms with Crippen molar-refractivity contribution < 1.29 is 9.59 Å². The molecule has 5 heteroatoms. The number of amides is 2. The Morgan fingerprint density at radius 1 is 1.07 bits per heavy atom. The molecule has 1 aromatic rings. The molecule has 1 saturated carbocycles. The molecule has 1 aromatic carbocycles. The minimum atomic E-state index is 0.130. The number of carbonyl (C=O) groups excluding carboxylic acids is 2. The molecule has 5 nitrogen and oxygen atoms in total. The molecule has 2 amide bonds. The maximum absolute atomic E-state index is 12.6. The van der Waals surface area contributed by atoms with E-state index in [0.717, 1.165) is 30.6 Å². The highest BCUT2D eigenvalue weighted by atomic mass is 16.2. The fraction of sp³-hybridized carbons (Fsp3) is 0.652. The van der Waals surface area contributed by atoms with Crippen molar-refractivity contribution in [2.75, 3.05) is 32.7 Å².